The normalized spacial score (nSPS) is 16.1. The Balaban J connectivity index is 1.44. The lowest BCUT2D eigenvalue weighted by atomic mass is 10.1. The predicted octanol–water partition coefficient (Wildman–Crippen LogP) is 1.22. The van der Waals surface area contributed by atoms with E-state index in [9.17, 15) is 14.4 Å². The van der Waals surface area contributed by atoms with Gasteiger partial charge in [-0.05, 0) is 31.0 Å². The molecule has 0 bridgehead atoms. The van der Waals surface area contributed by atoms with Gasteiger partial charge < -0.3 is 19.9 Å². The van der Waals surface area contributed by atoms with E-state index in [0.717, 1.165) is 11.4 Å². The Bertz CT molecular complexity index is 877. The van der Waals surface area contributed by atoms with Crippen molar-refractivity contribution in [2.75, 3.05) is 13.7 Å². The standard InChI is InChI=1S/C20H25N5O4/c1-14-21-9-11-24(14)12-10-22-18(26)8-7-17-19(27)25(20(28)23-17)13-15-3-5-16(29-2)6-4-15/h3-6,9,11,17H,7-8,10,12-13H2,1-2H3,(H,22,26)(H,23,28). The summed E-state index contributed by atoms with van der Waals surface area (Å²) >= 11 is 0. The molecule has 1 unspecified atom stereocenters. The highest BCUT2D eigenvalue weighted by atomic mass is 16.5. The van der Waals surface area contributed by atoms with E-state index in [-0.39, 0.29) is 31.2 Å². The molecule has 2 N–H and O–H groups in total. The van der Waals surface area contributed by atoms with Gasteiger partial charge >= 0.3 is 6.03 Å². The maximum Gasteiger partial charge on any atom is 0.325 e. The van der Waals surface area contributed by atoms with Crippen LogP contribution < -0.4 is 15.4 Å². The second-order valence-electron chi connectivity index (χ2n) is 6.83. The smallest absolute Gasteiger partial charge is 0.325 e. The largest absolute Gasteiger partial charge is 0.497 e. The van der Waals surface area contributed by atoms with E-state index >= 15 is 0 Å². The number of ether oxygens (including phenoxy) is 1. The number of imidazole rings is 1. The summed E-state index contributed by atoms with van der Waals surface area (Å²) < 4.78 is 7.05. The molecule has 1 aromatic heterocycles. The number of carbonyl (C=O) groups is 3. The number of hydrogen-bond donors (Lipinski definition) is 2. The van der Waals surface area contributed by atoms with Crippen molar-refractivity contribution in [1.82, 2.24) is 25.1 Å². The number of hydrogen-bond acceptors (Lipinski definition) is 5. The van der Waals surface area contributed by atoms with Crippen molar-refractivity contribution in [3.05, 3.63) is 48.0 Å². The molecule has 1 saturated heterocycles. The fraction of sp³-hybridized carbons (Fsp3) is 0.400. The van der Waals surface area contributed by atoms with Gasteiger partial charge in [0.25, 0.3) is 5.91 Å². The fourth-order valence-corrected chi connectivity index (χ4v) is 3.16. The van der Waals surface area contributed by atoms with Crippen molar-refractivity contribution in [3.63, 3.8) is 0 Å². The van der Waals surface area contributed by atoms with Crippen molar-refractivity contribution in [2.45, 2.75) is 38.9 Å². The van der Waals surface area contributed by atoms with Gasteiger partial charge in [0.1, 0.15) is 17.6 Å². The summed E-state index contributed by atoms with van der Waals surface area (Å²) in [7, 11) is 1.58. The molecule has 0 spiro atoms. The van der Waals surface area contributed by atoms with Gasteiger partial charge in [0.15, 0.2) is 0 Å². The zero-order chi connectivity index (χ0) is 20.8. The molecule has 1 aliphatic rings. The Morgan fingerprint density at radius 2 is 2.03 bits per heavy atom. The third kappa shape index (κ3) is 5.13. The Morgan fingerprint density at radius 3 is 2.69 bits per heavy atom. The van der Waals surface area contributed by atoms with Crippen LogP contribution in [0, 0.1) is 6.92 Å². The molecule has 9 heteroatoms. The van der Waals surface area contributed by atoms with Crippen LogP contribution in [0.1, 0.15) is 24.2 Å². The SMILES string of the molecule is COc1ccc(CN2C(=O)NC(CCC(=O)NCCn3ccnc3C)C2=O)cc1. The lowest BCUT2D eigenvalue weighted by molar-refractivity contribution is -0.128. The zero-order valence-corrected chi connectivity index (χ0v) is 16.6. The number of nitrogens with zero attached hydrogens (tertiary/aromatic N) is 3. The molecule has 1 aliphatic heterocycles. The van der Waals surface area contributed by atoms with Crippen molar-refractivity contribution in [1.29, 1.82) is 0 Å². The number of nitrogens with one attached hydrogen (secondary N) is 2. The minimum atomic E-state index is -0.678. The number of urea groups is 1. The second kappa shape index (κ2) is 9.22. The Morgan fingerprint density at radius 1 is 1.28 bits per heavy atom. The summed E-state index contributed by atoms with van der Waals surface area (Å²) in [4.78, 5) is 42.0. The Kier molecular flexibility index (Phi) is 6.48. The van der Waals surface area contributed by atoms with Crippen molar-refractivity contribution >= 4 is 17.8 Å². The molecule has 1 aromatic carbocycles. The number of aryl methyl sites for hydroxylation is 1. The molecule has 9 nitrogen and oxygen atoms in total. The molecule has 4 amide bonds. The number of aromatic nitrogens is 2. The molecule has 154 valence electrons. The van der Waals surface area contributed by atoms with E-state index < -0.39 is 12.1 Å². The number of benzene rings is 1. The van der Waals surface area contributed by atoms with E-state index in [0.29, 0.717) is 18.8 Å². The summed E-state index contributed by atoms with van der Waals surface area (Å²) in [5, 5.41) is 5.48. The molecule has 2 aromatic rings. The first kappa shape index (κ1) is 20.4. The average Bonchev–Trinajstić information content (AvgIpc) is 3.24. The van der Waals surface area contributed by atoms with Crippen molar-refractivity contribution in [3.8, 4) is 5.75 Å². The van der Waals surface area contributed by atoms with Crippen LogP contribution >= 0.6 is 0 Å². The van der Waals surface area contributed by atoms with Gasteiger partial charge in [0, 0.05) is 31.9 Å². The van der Waals surface area contributed by atoms with Gasteiger partial charge in [-0.1, -0.05) is 12.1 Å². The van der Waals surface area contributed by atoms with Crippen LogP contribution in [-0.4, -0.2) is 52.0 Å². The third-order valence-corrected chi connectivity index (χ3v) is 4.87. The molecule has 0 saturated carbocycles. The van der Waals surface area contributed by atoms with E-state index in [2.05, 4.69) is 15.6 Å². The van der Waals surface area contributed by atoms with Crippen LogP contribution in [-0.2, 0) is 22.7 Å². The highest BCUT2D eigenvalue weighted by molar-refractivity contribution is 6.04. The number of carbonyl (C=O) groups excluding carboxylic acids is 3. The molecule has 1 atom stereocenters. The van der Waals surface area contributed by atoms with Crippen LogP contribution in [0.3, 0.4) is 0 Å². The maximum absolute atomic E-state index is 12.5. The highest BCUT2D eigenvalue weighted by Crippen LogP contribution is 2.17. The summed E-state index contributed by atoms with van der Waals surface area (Å²) in [6.07, 6.45) is 3.99. The summed E-state index contributed by atoms with van der Waals surface area (Å²) in [6.45, 7) is 3.19. The van der Waals surface area contributed by atoms with Crippen LogP contribution in [0.25, 0.3) is 0 Å². The monoisotopic (exact) mass is 399 g/mol. The molecule has 2 heterocycles. The van der Waals surface area contributed by atoms with Gasteiger partial charge in [0.2, 0.25) is 5.91 Å². The van der Waals surface area contributed by atoms with Crippen molar-refractivity contribution in [2.24, 2.45) is 0 Å². The first-order valence-electron chi connectivity index (χ1n) is 9.47. The predicted molar refractivity (Wildman–Crippen MR) is 105 cm³/mol. The molecule has 3 rings (SSSR count). The van der Waals surface area contributed by atoms with Gasteiger partial charge in [-0.25, -0.2) is 9.78 Å². The zero-order valence-electron chi connectivity index (χ0n) is 16.6. The first-order chi connectivity index (χ1) is 14.0. The average molecular weight is 399 g/mol. The minimum absolute atomic E-state index is 0.154. The fourth-order valence-electron chi connectivity index (χ4n) is 3.16. The van der Waals surface area contributed by atoms with Gasteiger partial charge in [-0.2, -0.15) is 0 Å². The number of imide groups is 1. The maximum atomic E-state index is 12.5. The van der Waals surface area contributed by atoms with E-state index in [4.69, 9.17) is 4.74 Å². The molecule has 0 aliphatic carbocycles. The summed E-state index contributed by atoms with van der Waals surface area (Å²) in [5.41, 5.74) is 0.822. The van der Waals surface area contributed by atoms with Crippen LogP contribution in [0.4, 0.5) is 4.79 Å². The third-order valence-electron chi connectivity index (χ3n) is 4.87. The van der Waals surface area contributed by atoms with Crippen molar-refractivity contribution < 1.29 is 19.1 Å². The van der Waals surface area contributed by atoms with E-state index in [1.54, 1.807) is 25.4 Å². The molecule has 29 heavy (non-hydrogen) atoms. The van der Waals surface area contributed by atoms with Gasteiger partial charge in [-0.15, -0.1) is 0 Å². The number of rotatable bonds is 9. The lowest BCUT2D eigenvalue weighted by Crippen LogP contribution is -2.33. The van der Waals surface area contributed by atoms with Gasteiger partial charge in [-0.3, -0.25) is 14.5 Å². The topological polar surface area (TPSA) is 106 Å². The quantitative estimate of drug-likeness (QED) is 0.617. The highest BCUT2D eigenvalue weighted by Gasteiger charge is 2.37. The Labute approximate surface area is 169 Å². The molecular weight excluding hydrogens is 374 g/mol. The van der Waals surface area contributed by atoms with E-state index in [1.807, 2.05) is 29.8 Å². The summed E-state index contributed by atoms with van der Waals surface area (Å²) in [5.74, 6) is 1.12. The van der Waals surface area contributed by atoms with Crippen LogP contribution in [0.15, 0.2) is 36.7 Å². The second-order valence-corrected chi connectivity index (χ2v) is 6.83. The Hall–Kier alpha value is -3.36. The summed E-state index contributed by atoms with van der Waals surface area (Å²) in [6, 6.07) is 6.06. The first-order valence-corrected chi connectivity index (χ1v) is 9.47. The van der Waals surface area contributed by atoms with Crippen LogP contribution in [0.5, 0.6) is 5.75 Å². The lowest BCUT2D eigenvalue weighted by Gasteiger charge is -2.13. The number of methoxy groups -OCH3 is 1. The molecular formula is C20H25N5O4. The van der Waals surface area contributed by atoms with Crippen LogP contribution in [0.2, 0.25) is 0 Å². The molecule has 1 fully saturated rings. The number of amides is 4. The van der Waals surface area contributed by atoms with E-state index in [1.165, 1.54) is 4.90 Å². The van der Waals surface area contributed by atoms with Gasteiger partial charge in [0.05, 0.1) is 13.7 Å². The minimum Gasteiger partial charge on any atom is -0.497 e. The molecule has 0 radical (unpaired) electrons.